The quantitative estimate of drug-likeness (QED) is 0.216. The molecule has 0 aliphatic heterocycles. The van der Waals surface area contributed by atoms with Gasteiger partial charge in [-0.15, -0.1) is 0 Å². The van der Waals surface area contributed by atoms with E-state index in [1.807, 2.05) is 56.3 Å². The molecule has 0 atom stereocenters. The molecule has 0 saturated heterocycles. The number of rotatable bonds is 7. The van der Waals surface area contributed by atoms with E-state index in [2.05, 4.69) is 16.0 Å². The van der Waals surface area contributed by atoms with E-state index in [-0.39, 0.29) is 29.4 Å². The summed E-state index contributed by atoms with van der Waals surface area (Å²) in [7, 11) is 1.41. The number of nitrogens with zero attached hydrogens (tertiary/aromatic N) is 3. The van der Waals surface area contributed by atoms with E-state index >= 15 is 0 Å². The molecule has 0 saturated carbocycles. The molecule has 0 amide bonds. The highest BCUT2D eigenvalue weighted by atomic mass is 16.6. The molecule has 8 nitrogen and oxygen atoms in total. The Balaban J connectivity index is 1.71. The van der Waals surface area contributed by atoms with Crippen LogP contribution < -0.4 is 9.47 Å². The zero-order chi connectivity index (χ0) is 24.2. The first-order valence-electron chi connectivity index (χ1n) is 10.5. The zero-order valence-corrected chi connectivity index (χ0v) is 19.0. The van der Waals surface area contributed by atoms with Gasteiger partial charge < -0.3 is 14.5 Å². The molecular formula is C26H22N4O4. The van der Waals surface area contributed by atoms with Gasteiger partial charge in [-0.05, 0) is 54.8 Å². The van der Waals surface area contributed by atoms with Crippen LogP contribution in [-0.4, -0.2) is 22.0 Å². The third-order valence-corrected chi connectivity index (χ3v) is 5.30. The predicted molar refractivity (Wildman–Crippen MR) is 129 cm³/mol. The van der Waals surface area contributed by atoms with Gasteiger partial charge in [-0.25, -0.2) is 4.98 Å². The topological polar surface area (TPSA) is 114 Å². The predicted octanol–water partition coefficient (Wildman–Crippen LogP) is 5.74. The summed E-state index contributed by atoms with van der Waals surface area (Å²) in [6.45, 7) is 4.09. The van der Waals surface area contributed by atoms with E-state index in [4.69, 9.17) is 9.47 Å². The maximum absolute atomic E-state index is 11.8. The number of imidazole rings is 1. The number of aromatic amines is 1. The average molecular weight is 454 g/mol. The Bertz CT molecular complexity index is 1450. The molecule has 3 aromatic carbocycles. The lowest BCUT2D eigenvalue weighted by atomic mass is 10.1. The number of benzene rings is 3. The van der Waals surface area contributed by atoms with Crippen LogP contribution in [0.15, 0.2) is 54.6 Å². The van der Waals surface area contributed by atoms with Crippen LogP contribution in [0.5, 0.6) is 11.5 Å². The maximum Gasteiger partial charge on any atom is 0.315 e. The monoisotopic (exact) mass is 454 g/mol. The van der Waals surface area contributed by atoms with Crippen molar-refractivity contribution in [3.63, 3.8) is 0 Å². The number of aryl methyl sites for hydroxylation is 2. The molecule has 8 heteroatoms. The van der Waals surface area contributed by atoms with Gasteiger partial charge in [0.1, 0.15) is 18.5 Å². The summed E-state index contributed by atoms with van der Waals surface area (Å²) in [4.78, 5) is 18.9. The molecule has 0 bridgehead atoms. The van der Waals surface area contributed by atoms with Crippen molar-refractivity contribution >= 4 is 28.4 Å². The zero-order valence-electron chi connectivity index (χ0n) is 19.0. The van der Waals surface area contributed by atoms with E-state index < -0.39 is 4.92 Å². The van der Waals surface area contributed by atoms with Crippen LogP contribution >= 0.6 is 0 Å². The van der Waals surface area contributed by atoms with Gasteiger partial charge in [0.05, 0.1) is 28.6 Å². The fourth-order valence-electron chi connectivity index (χ4n) is 3.53. The van der Waals surface area contributed by atoms with Gasteiger partial charge in [-0.1, -0.05) is 35.9 Å². The minimum atomic E-state index is -0.527. The molecule has 4 rings (SSSR count). The van der Waals surface area contributed by atoms with Crippen LogP contribution in [-0.2, 0) is 6.61 Å². The highest BCUT2D eigenvalue weighted by molar-refractivity contribution is 5.91. The number of fused-ring (bicyclic) bond motifs is 1. The van der Waals surface area contributed by atoms with Gasteiger partial charge in [-0.3, -0.25) is 10.1 Å². The SMILES string of the molecule is COc1cc(/C=C(/C#N)c2nc3ccc(C)cc3[nH]2)cc([N+](=O)[O-])c1OCc1ccc(C)cc1. The Kier molecular flexibility index (Phi) is 6.28. The van der Waals surface area contributed by atoms with Crippen LogP contribution in [0.4, 0.5) is 5.69 Å². The number of nitriles is 1. The Morgan fingerprint density at radius 3 is 2.56 bits per heavy atom. The number of nitro benzene ring substituents is 1. The first kappa shape index (κ1) is 22.6. The van der Waals surface area contributed by atoms with Crippen molar-refractivity contribution in [1.82, 2.24) is 9.97 Å². The van der Waals surface area contributed by atoms with Gasteiger partial charge in [0.15, 0.2) is 5.75 Å². The lowest BCUT2D eigenvalue weighted by Crippen LogP contribution is -2.02. The van der Waals surface area contributed by atoms with Crippen LogP contribution in [0.3, 0.4) is 0 Å². The van der Waals surface area contributed by atoms with Crippen LogP contribution in [0, 0.1) is 35.3 Å². The Morgan fingerprint density at radius 1 is 1.15 bits per heavy atom. The minimum Gasteiger partial charge on any atom is -0.493 e. The van der Waals surface area contributed by atoms with Crippen molar-refractivity contribution in [2.45, 2.75) is 20.5 Å². The molecule has 34 heavy (non-hydrogen) atoms. The number of allylic oxidation sites excluding steroid dienone is 1. The van der Waals surface area contributed by atoms with E-state index in [0.717, 1.165) is 27.7 Å². The number of nitro groups is 1. The Labute approximate surface area is 196 Å². The van der Waals surface area contributed by atoms with Gasteiger partial charge in [0.2, 0.25) is 5.75 Å². The van der Waals surface area contributed by atoms with Crippen molar-refractivity contribution in [3.8, 4) is 17.6 Å². The number of hydrogen-bond acceptors (Lipinski definition) is 6. The van der Waals surface area contributed by atoms with E-state index in [1.54, 1.807) is 6.07 Å². The van der Waals surface area contributed by atoms with Crippen LogP contribution in [0.25, 0.3) is 22.7 Å². The number of H-pyrrole nitrogens is 1. The number of nitrogens with one attached hydrogen (secondary N) is 1. The third-order valence-electron chi connectivity index (χ3n) is 5.30. The van der Waals surface area contributed by atoms with Gasteiger partial charge in [-0.2, -0.15) is 5.26 Å². The molecule has 0 unspecified atom stereocenters. The molecule has 0 aliphatic carbocycles. The van der Waals surface area contributed by atoms with Crippen LogP contribution in [0.2, 0.25) is 0 Å². The number of aromatic nitrogens is 2. The second kappa shape index (κ2) is 9.46. The maximum atomic E-state index is 11.8. The number of methoxy groups -OCH3 is 1. The van der Waals surface area contributed by atoms with Crippen molar-refractivity contribution in [2.75, 3.05) is 7.11 Å². The summed E-state index contributed by atoms with van der Waals surface area (Å²) < 4.78 is 11.2. The summed E-state index contributed by atoms with van der Waals surface area (Å²) in [5, 5.41) is 21.6. The molecule has 0 radical (unpaired) electrons. The first-order valence-corrected chi connectivity index (χ1v) is 10.5. The molecule has 4 aromatic rings. The lowest BCUT2D eigenvalue weighted by molar-refractivity contribution is -0.386. The summed E-state index contributed by atoms with van der Waals surface area (Å²) >= 11 is 0. The fraction of sp³-hybridized carbons (Fsp3) is 0.154. The van der Waals surface area contributed by atoms with E-state index in [1.165, 1.54) is 19.3 Å². The summed E-state index contributed by atoms with van der Waals surface area (Å²) in [6.07, 6.45) is 1.53. The van der Waals surface area contributed by atoms with Crippen LogP contribution in [0.1, 0.15) is 28.1 Å². The molecule has 170 valence electrons. The smallest absolute Gasteiger partial charge is 0.315 e. The first-order chi connectivity index (χ1) is 16.4. The molecule has 1 N–H and O–H groups in total. The van der Waals surface area contributed by atoms with Gasteiger partial charge >= 0.3 is 5.69 Å². The normalized spacial score (nSPS) is 11.3. The summed E-state index contributed by atoms with van der Waals surface area (Å²) in [5.74, 6) is 0.609. The highest BCUT2D eigenvalue weighted by Crippen LogP contribution is 2.39. The molecule has 0 spiro atoms. The highest BCUT2D eigenvalue weighted by Gasteiger charge is 2.22. The van der Waals surface area contributed by atoms with Crippen molar-refractivity contribution in [1.29, 1.82) is 5.26 Å². The van der Waals surface area contributed by atoms with Gasteiger partial charge in [0.25, 0.3) is 0 Å². The fourth-order valence-corrected chi connectivity index (χ4v) is 3.53. The summed E-state index contributed by atoms with van der Waals surface area (Å²) in [5.41, 5.74) is 4.97. The number of ether oxygens (including phenoxy) is 2. The van der Waals surface area contributed by atoms with Crippen molar-refractivity contribution in [3.05, 3.63) is 92.8 Å². The third kappa shape index (κ3) is 4.74. The molecule has 0 aliphatic rings. The summed E-state index contributed by atoms with van der Waals surface area (Å²) in [6, 6.07) is 18.5. The molecular weight excluding hydrogens is 432 g/mol. The Hall–Kier alpha value is -4.64. The molecule has 1 aromatic heterocycles. The number of hydrogen-bond donors (Lipinski definition) is 1. The van der Waals surface area contributed by atoms with Crippen molar-refractivity contribution < 1.29 is 14.4 Å². The lowest BCUT2D eigenvalue weighted by Gasteiger charge is -2.12. The van der Waals surface area contributed by atoms with Gasteiger partial charge in [0, 0.05) is 6.07 Å². The molecule has 1 heterocycles. The average Bonchev–Trinajstić information content (AvgIpc) is 3.24. The minimum absolute atomic E-state index is 0.0305. The second-order valence-corrected chi connectivity index (χ2v) is 7.88. The standard InChI is InChI=1S/C26H22N4O4/c1-16-4-7-18(8-5-16)15-34-25-23(30(31)32)12-19(13-24(25)33-3)11-20(14-27)26-28-21-9-6-17(2)10-22(21)29-26/h4-13H,15H2,1-3H3,(H,28,29)/b20-11-. The molecule has 0 fully saturated rings. The van der Waals surface area contributed by atoms with E-state index in [9.17, 15) is 15.4 Å². The van der Waals surface area contributed by atoms with E-state index in [0.29, 0.717) is 11.4 Å². The Morgan fingerprint density at radius 2 is 1.88 bits per heavy atom. The second-order valence-electron chi connectivity index (χ2n) is 7.88. The largest absolute Gasteiger partial charge is 0.493 e. The van der Waals surface area contributed by atoms with Crippen molar-refractivity contribution in [2.24, 2.45) is 0 Å².